The molecule has 3 rings (SSSR count). The Morgan fingerprint density at radius 1 is 1.20 bits per heavy atom. The van der Waals surface area contributed by atoms with Gasteiger partial charge in [-0.15, -0.1) is 0 Å². The second kappa shape index (κ2) is 6.46. The lowest BCUT2D eigenvalue weighted by Crippen LogP contribution is -2.39. The van der Waals surface area contributed by atoms with Crippen molar-refractivity contribution in [2.24, 2.45) is 0 Å². The third-order valence-corrected chi connectivity index (χ3v) is 5.43. The molecule has 2 aliphatic rings. The first-order chi connectivity index (χ1) is 9.74. The van der Waals surface area contributed by atoms with Crippen molar-refractivity contribution in [3.8, 4) is 0 Å². The Balaban J connectivity index is 1.64. The van der Waals surface area contributed by atoms with Gasteiger partial charge in [-0.25, -0.2) is 0 Å². The Hall–Kier alpha value is -0.580. The van der Waals surface area contributed by atoms with Crippen molar-refractivity contribution in [1.82, 2.24) is 10.2 Å². The maximum absolute atomic E-state index is 3.65. The first-order valence-electron chi connectivity index (χ1n) is 7.70. The topological polar surface area (TPSA) is 18.5 Å². The van der Waals surface area contributed by atoms with Crippen LogP contribution in [0.1, 0.15) is 18.4 Å². The number of benzene rings is 1. The molecule has 0 aromatic heterocycles. The quantitative estimate of drug-likeness (QED) is 0.894. The molecule has 0 saturated carbocycles. The predicted octanol–water partition coefficient (Wildman–Crippen LogP) is 2.63. The van der Waals surface area contributed by atoms with Crippen molar-refractivity contribution in [3.63, 3.8) is 0 Å². The number of rotatable bonds is 2. The van der Waals surface area contributed by atoms with Gasteiger partial charge < -0.3 is 10.2 Å². The minimum Gasteiger partial charge on any atom is -0.370 e. The van der Waals surface area contributed by atoms with E-state index in [0.29, 0.717) is 0 Å². The minimum absolute atomic E-state index is 0.731. The lowest BCUT2D eigenvalue weighted by atomic mass is 10.2. The van der Waals surface area contributed by atoms with Crippen LogP contribution in [0, 0.1) is 6.92 Å². The number of hydrogen-bond donors (Lipinski definition) is 1. The summed E-state index contributed by atoms with van der Waals surface area (Å²) in [5.74, 6) is 0. The van der Waals surface area contributed by atoms with Crippen LogP contribution in [-0.4, -0.2) is 50.2 Å². The van der Waals surface area contributed by atoms with E-state index in [1.54, 1.807) is 0 Å². The third-order valence-electron chi connectivity index (χ3n) is 4.58. The molecule has 1 atom stereocenters. The molecule has 0 spiro atoms. The molecule has 0 amide bonds. The van der Waals surface area contributed by atoms with E-state index in [1.807, 2.05) is 0 Å². The highest BCUT2D eigenvalue weighted by Crippen LogP contribution is 2.27. The van der Waals surface area contributed by atoms with Crippen molar-refractivity contribution in [1.29, 1.82) is 0 Å². The zero-order valence-corrected chi connectivity index (χ0v) is 13.8. The van der Waals surface area contributed by atoms with E-state index in [2.05, 4.69) is 56.2 Å². The highest BCUT2D eigenvalue weighted by atomic mass is 79.9. The van der Waals surface area contributed by atoms with Crippen LogP contribution >= 0.6 is 15.9 Å². The fourth-order valence-corrected chi connectivity index (χ4v) is 3.65. The molecule has 2 aliphatic heterocycles. The van der Waals surface area contributed by atoms with Crippen LogP contribution in [0.3, 0.4) is 0 Å². The van der Waals surface area contributed by atoms with Crippen LogP contribution in [0.2, 0.25) is 0 Å². The van der Waals surface area contributed by atoms with Gasteiger partial charge in [0.15, 0.2) is 0 Å². The standard InChI is InChI=1S/C16H24BrN3/c1-13-3-4-14(11-16(13)17)20-9-5-15(12-20)19-8-2-6-18-7-10-19/h3-4,11,15,18H,2,5-10,12H2,1H3. The summed E-state index contributed by atoms with van der Waals surface area (Å²) in [5, 5.41) is 3.50. The predicted molar refractivity (Wildman–Crippen MR) is 88.6 cm³/mol. The van der Waals surface area contributed by atoms with Crippen molar-refractivity contribution in [3.05, 3.63) is 28.2 Å². The number of anilines is 1. The maximum Gasteiger partial charge on any atom is 0.0378 e. The highest BCUT2D eigenvalue weighted by Gasteiger charge is 2.28. The van der Waals surface area contributed by atoms with Crippen LogP contribution in [0.5, 0.6) is 0 Å². The van der Waals surface area contributed by atoms with E-state index in [9.17, 15) is 0 Å². The molecule has 2 fully saturated rings. The molecule has 1 aromatic rings. The number of nitrogens with zero attached hydrogens (tertiary/aromatic N) is 2. The minimum atomic E-state index is 0.731. The smallest absolute Gasteiger partial charge is 0.0378 e. The Morgan fingerprint density at radius 2 is 2.10 bits per heavy atom. The summed E-state index contributed by atoms with van der Waals surface area (Å²) in [6.07, 6.45) is 2.58. The molecule has 4 heteroatoms. The summed E-state index contributed by atoms with van der Waals surface area (Å²) in [7, 11) is 0. The van der Waals surface area contributed by atoms with Crippen LogP contribution < -0.4 is 10.2 Å². The van der Waals surface area contributed by atoms with Gasteiger partial charge >= 0.3 is 0 Å². The van der Waals surface area contributed by atoms with Gasteiger partial charge in [-0.2, -0.15) is 0 Å². The first-order valence-corrected chi connectivity index (χ1v) is 8.49. The fraction of sp³-hybridized carbons (Fsp3) is 0.625. The summed E-state index contributed by atoms with van der Waals surface area (Å²) in [5.41, 5.74) is 2.67. The summed E-state index contributed by atoms with van der Waals surface area (Å²) >= 11 is 3.65. The summed E-state index contributed by atoms with van der Waals surface area (Å²) in [4.78, 5) is 5.22. The molecule has 3 nitrogen and oxygen atoms in total. The zero-order valence-electron chi connectivity index (χ0n) is 12.2. The average Bonchev–Trinajstić information content (AvgIpc) is 2.78. The van der Waals surface area contributed by atoms with Crippen molar-refractivity contribution in [2.75, 3.05) is 44.2 Å². The Morgan fingerprint density at radius 3 is 2.95 bits per heavy atom. The van der Waals surface area contributed by atoms with E-state index in [0.717, 1.165) is 12.6 Å². The number of aryl methyl sites for hydroxylation is 1. The molecule has 1 aromatic carbocycles. The number of hydrogen-bond acceptors (Lipinski definition) is 3. The van der Waals surface area contributed by atoms with Gasteiger partial charge in [-0.3, -0.25) is 4.90 Å². The molecule has 2 saturated heterocycles. The van der Waals surface area contributed by atoms with E-state index in [-0.39, 0.29) is 0 Å². The van der Waals surface area contributed by atoms with Crippen molar-refractivity contribution >= 4 is 21.6 Å². The van der Waals surface area contributed by atoms with E-state index < -0.39 is 0 Å². The molecular weight excluding hydrogens is 314 g/mol. The first kappa shape index (κ1) is 14.4. The van der Waals surface area contributed by atoms with Crippen LogP contribution in [0.4, 0.5) is 5.69 Å². The van der Waals surface area contributed by atoms with Gasteiger partial charge in [0.25, 0.3) is 0 Å². The molecule has 0 radical (unpaired) electrons. The number of nitrogens with one attached hydrogen (secondary N) is 1. The lowest BCUT2D eigenvalue weighted by molar-refractivity contribution is 0.224. The third kappa shape index (κ3) is 3.18. The summed E-state index contributed by atoms with van der Waals surface area (Å²) in [6, 6.07) is 7.46. The zero-order chi connectivity index (χ0) is 13.9. The molecule has 2 heterocycles. The maximum atomic E-state index is 3.65. The normalized spacial score (nSPS) is 24.9. The van der Waals surface area contributed by atoms with Gasteiger partial charge in [-0.05, 0) is 50.6 Å². The average molecular weight is 338 g/mol. The second-order valence-electron chi connectivity index (χ2n) is 5.96. The second-order valence-corrected chi connectivity index (χ2v) is 6.82. The van der Waals surface area contributed by atoms with Gasteiger partial charge in [0.1, 0.15) is 0 Å². The van der Waals surface area contributed by atoms with Gasteiger partial charge in [0.05, 0.1) is 0 Å². The lowest BCUT2D eigenvalue weighted by Gasteiger charge is -2.27. The van der Waals surface area contributed by atoms with E-state index in [1.165, 1.54) is 61.3 Å². The fourth-order valence-electron chi connectivity index (χ4n) is 3.28. The summed E-state index contributed by atoms with van der Waals surface area (Å²) < 4.78 is 1.22. The Bertz CT molecular complexity index is 455. The Labute approximate surface area is 130 Å². The number of halogens is 1. The molecule has 110 valence electrons. The Kier molecular flexibility index (Phi) is 4.64. The van der Waals surface area contributed by atoms with Crippen LogP contribution in [0.25, 0.3) is 0 Å². The van der Waals surface area contributed by atoms with Crippen LogP contribution in [-0.2, 0) is 0 Å². The summed E-state index contributed by atoms with van der Waals surface area (Å²) in [6.45, 7) is 9.29. The van der Waals surface area contributed by atoms with Gasteiger partial charge in [0.2, 0.25) is 0 Å². The van der Waals surface area contributed by atoms with Crippen molar-refractivity contribution in [2.45, 2.75) is 25.8 Å². The van der Waals surface area contributed by atoms with E-state index >= 15 is 0 Å². The van der Waals surface area contributed by atoms with Gasteiger partial charge in [-0.1, -0.05) is 22.0 Å². The SMILES string of the molecule is Cc1ccc(N2CCC(N3CCCNCC3)C2)cc1Br. The van der Waals surface area contributed by atoms with E-state index in [4.69, 9.17) is 0 Å². The molecule has 0 bridgehead atoms. The molecule has 1 unspecified atom stereocenters. The van der Waals surface area contributed by atoms with Gasteiger partial charge in [0, 0.05) is 42.4 Å². The van der Waals surface area contributed by atoms with Crippen molar-refractivity contribution < 1.29 is 0 Å². The molecule has 0 aliphatic carbocycles. The monoisotopic (exact) mass is 337 g/mol. The largest absolute Gasteiger partial charge is 0.370 e. The highest BCUT2D eigenvalue weighted by molar-refractivity contribution is 9.10. The molecular formula is C16H24BrN3. The molecule has 1 N–H and O–H groups in total. The molecule has 20 heavy (non-hydrogen) atoms. The van der Waals surface area contributed by atoms with Crippen LogP contribution in [0.15, 0.2) is 22.7 Å².